The van der Waals surface area contributed by atoms with Crippen LogP contribution in [0, 0.1) is 0 Å². The van der Waals surface area contributed by atoms with Gasteiger partial charge in [-0.3, -0.25) is 0 Å². The molecule has 1 aromatic heterocycles. The minimum absolute atomic E-state index is 0.0489. The van der Waals surface area contributed by atoms with Gasteiger partial charge in [0, 0.05) is 13.3 Å². The largest absolute Gasteiger partial charge is 0.478 e. The van der Waals surface area contributed by atoms with E-state index in [2.05, 4.69) is 9.97 Å². The van der Waals surface area contributed by atoms with Crippen molar-refractivity contribution in [3.05, 3.63) is 23.3 Å². The summed E-state index contributed by atoms with van der Waals surface area (Å²) in [6.45, 7) is 3.44. The van der Waals surface area contributed by atoms with Gasteiger partial charge in [0.25, 0.3) is 6.43 Å². The van der Waals surface area contributed by atoms with Gasteiger partial charge in [0.05, 0.1) is 0 Å². The topological polar surface area (TPSA) is 72.3 Å². The number of aromatic carboxylic acids is 1. The Balaban J connectivity index is 3.35. The van der Waals surface area contributed by atoms with Crippen LogP contribution >= 0.6 is 0 Å². The number of aromatic nitrogens is 2. The lowest BCUT2D eigenvalue weighted by Crippen LogP contribution is -2.27. The summed E-state index contributed by atoms with van der Waals surface area (Å²) in [4.78, 5) is 18.2. The molecule has 1 heterocycles. The molecule has 0 fully saturated rings. The highest BCUT2D eigenvalue weighted by Crippen LogP contribution is 2.28. The van der Waals surface area contributed by atoms with E-state index >= 15 is 0 Å². The molecule has 0 aromatic carbocycles. The third kappa shape index (κ3) is 2.61. The van der Waals surface area contributed by atoms with Gasteiger partial charge in [-0.1, -0.05) is 6.92 Å². The highest BCUT2D eigenvalue weighted by Gasteiger charge is 2.30. The zero-order valence-electron chi connectivity index (χ0n) is 10.3. The van der Waals surface area contributed by atoms with Crippen LogP contribution in [0.2, 0.25) is 0 Å². The Bertz CT molecular complexity index is 448. The number of halogens is 2. The highest BCUT2D eigenvalue weighted by atomic mass is 19.3. The molecule has 1 unspecified atom stereocenters. The first kappa shape index (κ1) is 14.4. The summed E-state index contributed by atoms with van der Waals surface area (Å²) >= 11 is 0. The predicted octanol–water partition coefficient (Wildman–Crippen LogP) is 2.38. The number of alkyl halides is 2. The summed E-state index contributed by atoms with van der Waals surface area (Å²) < 4.78 is 30.7. The van der Waals surface area contributed by atoms with Gasteiger partial charge in [-0.2, -0.15) is 0 Å². The fourth-order valence-corrected chi connectivity index (χ4v) is 1.37. The third-order valence-electron chi connectivity index (χ3n) is 2.85. The van der Waals surface area contributed by atoms with Crippen molar-refractivity contribution in [2.45, 2.75) is 32.3 Å². The fraction of sp³-hybridized carbons (Fsp3) is 0.545. The molecule has 1 N–H and O–H groups in total. The molecule has 1 atom stereocenters. The van der Waals surface area contributed by atoms with Crippen molar-refractivity contribution in [3.8, 4) is 0 Å². The van der Waals surface area contributed by atoms with Crippen molar-refractivity contribution in [2.75, 3.05) is 7.11 Å². The molecule has 5 nitrogen and oxygen atoms in total. The third-order valence-corrected chi connectivity index (χ3v) is 2.85. The van der Waals surface area contributed by atoms with Crippen molar-refractivity contribution < 1.29 is 23.4 Å². The predicted molar refractivity (Wildman–Crippen MR) is 58.6 cm³/mol. The summed E-state index contributed by atoms with van der Waals surface area (Å²) in [5.41, 5.74) is -2.30. The number of hydrogen-bond donors (Lipinski definition) is 1. The molecule has 0 aliphatic heterocycles. The monoisotopic (exact) mass is 260 g/mol. The average Bonchev–Trinajstić information content (AvgIpc) is 2.36. The van der Waals surface area contributed by atoms with Crippen molar-refractivity contribution in [1.29, 1.82) is 0 Å². The van der Waals surface area contributed by atoms with Crippen molar-refractivity contribution in [1.82, 2.24) is 9.97 Å². The van der Waals surface area contributed by atoms with Crippen molar-refractivity contribution in [3.63, 3.8) is 0 Å². The summed E-state index contributed by atoms with van der Waals surface area (Å²) in [5, 5.41) is 8.78. The Hall–Kier alpha value is -1.63. The first-order valence-corrected chi connectivity index (χ1v) is 5.29. The van der Waals surface area contributed by atoms with Crippen LogP contribution in [0.5, 0.6) is 0 Å². The number of nitrogens with zero attached hydrogens (tertiary/aromatic N) is 2. The quantitative estimate of drug-likeness (QED) is 0.880. The molecular weight excluding hydrogens is 246 g/mol. The number of methoxy groups -OCH3 is 1. The second kappa shape index (κ2) is 5.34. The van der Waals surface area contributed by atoms with Crippen LogP contribution in [0.15, 0.2) is 6.20 Å². The summed E-state index contributed by atoms with van der Waals surface area (Å²) in [7, 11) is 1.42. The number of ether oxygens (including phenoxy) is 1. The van der Waals surface area contributed by atoms with E-state index in [1.165, 1.54) is 7.11 Å². The van der Waals surface area contributed by atoms with E-state index < -0.39 is 29.3 Å². The highest BCUT2D eigenvalue weighted by molar-refractivity contribution is 5.88. The van der Waals surface area contributed by atoms with Crippen LogP contribution in [0.3, 0.4) is 0 Å². The molecule has 0 radical (unpaired) electrons. The molecule has 100 valence electrons. The zero-order chi connectivity index (χ0) is 13.9. The SMILES string of the molecule is CCC(C)(OC)c1ncc(C(=O)O)c(C(F)F)n1. The number of carbonyl (C=O) groups is 1. The smallest absolute Gasteiger partial charge is 0.339 e. The molecule has 18 heavy (non-hydrogen) atoms. The van der Waals surface area contributed by atoms with Gasteiger partial charge >= 0.3 is 5.97 Å². The Morgan fingerprint density at radius 1 is 1.61 bits per heavy atom. The Labute approximate surface area is 103 Å². The molecular formula is C11H14F2N2O3. The maximum absolute atomic E-state index is 12.8. The minimum atomic E-state index is -2.98. The van der Waals surface area contributed by atoms with Gasteiger partial charge in [0.1, 0.15) is 16.9 Å². The van der Waals surface area contributed by atoms with Gasteiger partial charge in [-0.05, 0) is 13.3 Å². The Morgan fingerprint density at radius 2 is 2.22 bits per heavy atom. The van der Waals surface area contributed by atoms with Gasteiger partial charge in [-0.25, -0.2) is 23.5 Å². The normalized spacial score (nSPS) is 14.6. The molecule has 1 rings (SSSR count). The average molecular weight is 260 g/mol. The lowest BCUT2D eigenvalue weighted by molar-refractivity contribution is -0.00984. The van der Waals surface area contributed by atoms with E-state index in [-0.39, 0.29) is 5.82 Å². The fourth-order valence-electron chi connectivity index (χ4n) is 1.37. The molecule has 0 spiro atoms. The maximum atomic E-state index is 12.8. The van der Waals surface area contributed by atoms with Crippen LogP contribution in [0.25, 0.3) is 0 Å². The second-order valence-corrected chi connectivity index (χ2v) is 3.89. The molecule has 0 aliphatic carbocycles. The number of hydrogen-bond acceptors (Lipinski definition) is 4. The molecule has 1 aromatic rings. The Kier molecular flexibility index (Phi) is 4.28. The van der Waals surface area contributed by atoms with Gasteiger partial charge in [0.2, 0.25) is 0 Å². The van der Waals surface area contributed by atoms with Crippen LogP contribution in [-0.2, 0) is 10.3 Å². The van der Waals surface area contributed by atoms with E-state index in [1.54, 1.807) is 13.8 Å². The van der Waals surface area contributed by atoms with Gasteiger partial charge < -0.3 is 9.84 Å². The summed E-state index contributed by atoms with van der Waals surface area (Å²) in [5.74, 6) is -1.43. The summed E-state index contributed by atoms with van der Waals surface area (Å²) in [6, 6.07) is 0. The van der Waals surface area contributed by atoms with E-state index in [0.717, 1.165) is 6.20 Å². The second-order valence-electron chi connectivity index (χ2n) is 3.89. The standard InChI is InChI=1S/C11H14F2N2O3/c1-4-11(2,18-3)10-14-5-6(9(16)17)7(15-10)8(12)13/h5,8H,4H2,1-3H3,(H,16,17). The van der Waals surface area contributed by atoms with E-state index in [4.69, 9.17) is 9.84 Å². The van der Waals surface area contributed by atoms with E-state index in [1.807, 2.05) is 0 Å². The van der Waals surface area contributed by atoms with Crippen LogP contribution in [0.1, 0.15) is 48.6 Å². The van der Waals surface area contributed by atoms with Crippen molar-refractivity contribution >= 4 is 5.97 Å². The molecule has 0 amide bonds. The van der Waals surface area contributed by atoms with Crippen LogP contribution in [0.4, 0.5) is 8.78 Å². The molecule has 0 saturated carbocycles. The van der Waals surface area contributed by atoms with Gasteiger partial charge in [-0.15, -0.1) is 0 Å². The molecule has 0 aliphatic rings. The lowest BCUT2D eigenvalue weighted by Gasteiger charge is -2.25. The van der Waals surface area contributed by atoms with E-state index in [9.17, 15) is 13.6 Å². The van der Waals surface area contributed by atoms with Crippen molar-refractivity contribution in [2.24, 2.45) is 0 Å². The molecule has 0 bridgehead atoms. The van der Waals surface area contributed by atoms with Crippen LogP contribution < -0.4 is 0 Å². The lowest BCUT2D eigenvalue weighted by atomic mass is 10.0. The molecule has 0 saturated heterocycles. The van der Waals surface area contributed by atoms with Crippen LogP contribution in [-0.4, -0.2) is 28.2 Å². The maximum Gasteiger partial charge on any atom is 0.339 e. The summed E-state index contributed by atoms with van der Waals surface area (Å²) in [6.07, 6.45) is -1.62. The number of carboxylic acid groups (broad SMARTS) is 1. The van der Waals surface area contributed by atoms with E-state index in [0.29, 0.717) is 6.42 Å². The number of rotatable bonds is 5. The molecule has 7 heteroatoms. The Morgan fingerprint density at radius 3 is 2.61 bits per heavy atom. The van der Waals surface area contributed by atoms with Gasteiger partial charge in [0.15, 0.2) is 5.82 Å². The first-order valence-electron chi connectivity index (χ1n) is 5.29. The minimum Gasteiger partial charge on any atom is -0.478 e. The first-order chi connectivity index (χ1) is 8.35. The zero-order valence-corrected chi connectivity index (χ0v) is 10.3. The number of carboxylic acids is 1.